The first-order valence-electron chi connectivity index (χ1n) is 7.27. The molecule has 1 heterocycles. The van der Waals surface area contributed by atoms with E-state index in [4.69, 9.17) is 4.74 Å². The van der Waals surface area contributed by atoms with Crippen LogP contribution in [0.1, 0.15) is 37.3 Å². The Balaban J connectivity index is 2.03. The van der Waals surface area contributed by atoms with Gasteiger partial charge in [-0.3, -0.25) is 0 Å². The SMILES string of the molecule is CCOC(=O)[C@H]1CCCC[NH+]1Cc1ccc(C)cc1. The molecule has 104 valence electrons. The zero-order valence-corrected chi connectivity index (χ0v) is 11.9. The van der Waals surface area contributed by atoms with Gasteiger partial charge in [-0.25, -0.2) is 4.79 Å². The molecule has 19 heavy (non-hydrogen) atoms. The van der Waals surface area contributed by atoms with E-state index in [9.17, 15) is 4.79 Å². The zero-order valence-electron chi connectivity index (χ0n) is 11.9. The lowest BCUT2D eigenvalue weighted by atomic mass is 10.0. The van der Waals surface area contributed by atoms with Gasteiger partial charge < -0.3 is 9.64 Å². The van der Waals surface area contributed by atoms with E-state index in [1.807, 2.05) is 6.92 Å². The molecule has 1 unspecified atom stereocenters. The highest BCUT2D eigenvalue weighted by Crippen LogP contribution is 2.07. The number of ether oxygens (including phenoxy) is 1. The van der Waals surface area contributed by atoms with Crippen LogP contribution in [0.3, 0.4) is 0 Å². The van der Waals surface area contributed by atoms with Crippen LogP contribution in [0.15, 0.2) is 24.3 Å². The van der Waals surface area contributed by atoms with Gasteiger partial charge in [0, 0.05) is 12.0 Å². The molecule has 1 aliphatic rings. The Morgan fingerprint density at radius 1 is 1.32 bits per heavy atom. The number of quaternary nitrogens is 1. The summed E-state index contributed by atoms with van der Waals surface area (Å²) in [5.74, 6) is -0.0238. The molecule has 1 N–H and O–H groups in total. The lowest BCUT2D eigenvalue weighted by molar-refractivity contribution is -0.935. The summed E-state index contributed by atoms with van der Waals surface area (Å²) in [6, 6.07) is 8.63. The van der Waals surface area contributed by atoms with Crippen molar-refractivity contribution in [2.75, 3.05) is 13.2 Å². The Morgan fingerprint density at radius 2 is 2.05 bits per heavy atom. The summed E-state index contributed by atoms with van der Waals surface area (Å²) in [6.45, 7) is 6.44. The first kappa shape index (κ1) is 14.1. The molecule has 1 aromatic carbocycles. The van der Waals surface area contributed by atoms with Crippen LogP contribution in [0.25, 0.3) is 0 Å². The Hall–Kier alpha value is -1.35. The van der Waals surface area contributed by atoms with E-state index in [-0.39, 0.29) is 12.0 Å². The third-order valence-corrected chi connectivity index (χ3v) is 3.86. The maximum atomic E-state index is 12.0. The van der Waals surface area contributed by atoms with Crippen molar-refractivity contribution in [3.63, 3.8) is 0 Å². The monoisotopic (exact) mass is 262 g/mol. The number of nitrogens with one attached hydrogen (secondary N) is 1. The molecule has 2 rings (SSSR count). The number of esters is 1. The molecule has 0 bridgehead atoms. The highest BCUT2D eigenvalue weighted by atomic mass is 16.5. The summed E-state index contributed by atoms with van der Waals surface area (Å²) < 4.78 is 5.21. The summed E-state index contributed by atoms with van der Waals surface area (Å²) in [5.41, 5.74) is 2.58. The van der Waals surface area contributed by atoms with Gasteiger partial charge in [0.25, 0.3) is 0 Å². The number of piperidine rings is 1. The molecular formula is C16H24NO2+. The minimum Gasteiger partial charge on any atom is -0.462 e. The topological polar surface area (TPSA) is 30.7 Å². The number of hydrogen-bond acceptors (Lipinski definition) is 2. The third kappa shape index (κ3) is 3.80. The summed E-state index contributed by atoms with van der Waals surface area (Å²) in [6.07, 6.45) is 3.30. The Labute approximate surface area is 115 Å². The number of likely N-dealkylation sites (tertiary alicyclic amines) is 1. The van der Waals surface area contributed by atoms with Crippen LogP contribution in [0.5, 0.6) is 0 Å². The quantitative estimate of drug-likeness (QED) is 0.834. The molecule has 1 saturated heterocycles. The van der Waals surface area contributed by atoms with Crippen molar-refractivity contribution < 1.29 is 14.4 Å². The standard InChI is InChI=1S/C16H23NO2/c1-3-19-16(18)15-6-4-5-11-17(15)12-14-9-7-13(2)8-10-14/h7-10,15H,3-6,11-12H2,1-2H3/p+1/t15-/m1/s1. The average Bonchev–Trinajstić information content (AvgIpc) is 2.42. The Kier molecular flexibility index (Phi) is 4.97. The van der Waals surface area contributed by atoms with Crippen LogP contribution in [0, 0.1) is 6.92 Å². The van der Waals surface area contributed by atoms with Crippen molar-refractivity contribution in [1.82, 2.24) is 0 Å². The second-order valence-corrected chi connectivity index (χ2v) is 5.37. The van der Waals surface area contributed by atoms with Crippen LogP contribution in [0.4, 0.5) is 0 Å². The molecule has 2 atom stereocenters. The predicted octanol–water partition coefficient (Wildman–Crippen LogP) is 1.50. The smallest absolute Gasteiger partial charge is 0.364 e. The van der Waals surface area contributed by atoms with Crippen molar-refractivity contribution in [1.29, 1.82) is 0 Å². The van der Waals surface area contributed by atoms with E-state index >= 15 is 0 Å². The van der Waals surface area contributed by atoms with E-state index in [1.165, 1.54) is 22.4 Å². The van der Waals surface area contributed by atoms with Crippen LogP contribution in [-0.4, -0.2) is 25.2 Å². The lowest BCUT2D eigenvalue weighted by Gasteiger charge is -2.30. The van der Waals surface area contributed by atoms with E-state index in [2.05, 4.69) is 31.2 Å². The molecule has 0 radical (unpaired) electrons. The summed E-state index contributed by atoms with van der Waals surface area (Å²) in [4.78, 5) is 13.4. The van der Waals surface area contributed by atoms with Crippen molar-refractivity contribution >= 4 is 5.97 Å². The third-order valence-electron chi connectivity index (χ3n) is 3.86. The fourth-order valence-electron chi connectivity index (χ4n) is 2.79. The molecule has 0 spiro atoms. The fourth-order valence-corrected chi connectivity index (χ4v) is 2.79. The second-order valence-electron chi connectivity index (χ2n) is 5.37. The van der Waals surface area contributed by atoms with Crippen LogP contribution < -0.4 is 4.90 Å². The van der Waals surface area contributed by atoms with Crippen LogP contribution >= 0.6 is 0 Å². The van der Waals surface area contributed by atoms with Gasteiger partial charge in [-0.15, -0.1) is 0 Å². The van der Waals surface area contributed by atoms with E-state index < -0.39 is 0 Å². The largest absolute Gasteiger partial charge is 0.462 e. The molecular weight excluding hydrogens is 238 g/mol. The van der Waals surface area contributed by atoms with Crippen molar-refractivity contribution in [2.24, 2.45) is 0 Å². The normalized spacial score (nSPS) is 23.1. The first-order valence-corrected chi connectivity index (χ1v) is 7.27. The first-order chi connectivity index (χ1) is 9.20. The maximum absolute atomic E-state index is 12.0. The molecule has 3 heteroatoms. The number of hydrogen-bond donors (Lipinski definition) is 1. The van der Waals surface area contributed by atoms with E-state index in [0.29, 0.717) is 6.61 Å². The minimum atomic E-state index is -0.0238. The van der Waals surface area contributed by atoms with Crippen molar-refractivity contribution in [2.45, 2.75) is 45.7 Å². The van der Waals surface area contributed by atoms with E-state index in [1.54, 1.807) is 0 Å². The van der Waals surface area contributed by atoms with Gasteiger partial charge in [0.2, 0.25) is 0 Å². The van der Waals surface area contributed by atoms with Crippen LogP contribution in [0.2, 0.25) is 0 Å². The number of carbonyl (C=O) groups excluding carboxylic acids is 1. The predicted molar refractivity (Wildman–Crippen MR) is 75.0 cm³/mol. The van der Waals surface area contributed by atoms with Gasteiger partial charge in [-0.2, -0.15) is 0 Å². The van der Waals surface area contributed by atoms with Crippen molar-refractivity contribution in [3.8, 4) is 0 Å². The zero-order chi connectivity index (χ0) is 13.7. The number of rotatable bonds is 4. The molecule has 1 aromatic rings. The Morgan fingerprint density at radius 3 is 2.74 bits per heavy atom. The minimum absolute atomic E-state index is 0.0232. The highest BCUT2D eigenvalue weighted by Gasteiger charge is 2.33. The van der Waals surface area contributed by atoms with Gasteiger partial charge in [0.1, 0.15) is 6.54 Å². The molecule has 1 aliphatic heterocycles. The molecule has 3 nitrogen and oxygen atoms in total. The summed E-state index contributed by atoms with van der Waals surface area (Å²) in [7, 11) is 0. The summed E-state index contributed by atoms with van der Waals surface area (Å²) >= 11 is 0. The Bertz CT molecular complexity index is 413. The number of benzene rings is 1. The number of carbonyl (C=O) groups is 1. The van der Waals surface area contributed by atoms with Gasteiger partial charge in [-0.1, -0.05) is 29.8 Å². The van der Waals surface area contributed by atoms with Gasteiger partial charge in [0.05, 0.1) is 13.2 Å². The molecule has 0 amide bonds. The lowest BCUT2D eigenvalue weighted by Crippen LogP contribution is -3.16. The highest BCUT2D eigenvalue weighted by molar-refractivity contribution is 5.74. The van der Waals surface area contributed by atoms with Gasteiger partial charge in [-0.05, 0) is 26.7 Å². The molecule has 0 aromatic heterocycles. The van der Waals surface area contributed by atoms with Gasteiger partial charge >= 0.3 is 5.97 Å². The second kappa shape index (κ2) is 6.71. The van der Waals surface area contributed by atoms with Crippen molar-refractivity contribution in [3.05, 3.63) is 35.4 Å². The average molecular weight is 262 g/mol. The molecule has 0 aliphatic carbocycles. The van der Waals surface area contributed by atoms with E-state index in [0.717, 1.165) is 25.9 Å². The fraction of sp³-hybridized carbons (Fsp3) is 0.562. The molecule has 0 saturated carbocycles. The number of aryl methyl sites for hydroxylation is 1. The van der Waals surface area contributed by atoms with Gasteiger partial charge in [0.15, 0.2) is 6.04 Å². The molecule has 1 fully saturated rings. The maximum Gasteiger partial charge on any atom is 0.364 e. The van der Waals surface area contributed by atoms with Crippen LogP contribution in [-0.2, 0) is 16.1 Å². The summed E-state index contributed by atoms with van der Waals surface area (Å²) in [5, 5.41) is 0.